The molecule has 0 fully saturated rings. The molecule has 1 aromatic heterocycles. The van der Waals surface area contributed by atoms with Crippen molar-refractivity contribution in [2.24, 2.45) is 0 Å². The molecule has 0 saturated carbocycles. The van der Waals surface area contributed by atoms with E-state index >= 15 is 0 Å². The third kappa shape index (κ3) is 2.91. The van der Waals surface area contributed by atoms with Crippen LogP contribution in [0.1, 0.15) is 26.3 Å². The van der Waals surface area contributed by atoms with Crippen molar-refractivity contribution in [3.63, 3.8) is 0 Å². The summed E-state index contributed by atoms with van der Waals surface area (Å²) in [7, 11) is 0. The summed E-state index contributed by atoms with van der Waals surface area (Å²) >= 11 is 3.56. The van der Waals surface area contributed by atoms with Gasteiger partial charge in [0.05, 0.1) is 0 Å². The number of hydrogen-bond donors (Lipinski definition) is 0. The Morgan fingerprint density at radius 2 is 1.59 bits per heavy atom. The predicted molar refractivity (Wildman–Crippen MR) is 73.9 cm³/mol. The second-order valence-corrected chi connectivity index (χ2v) is 6.02. The molecule has 3 heteroatoms. The molecule has 1 heterocycles. The highest BCUT2D eigenvalue weighted by Gasteiger charge is 2.15. The van der Waals surface area contributed by atoms with Crippen LogP contribution in [0.25, 0.3) is 11.1 Å². The molecule has 2 aromatic rings. The second kappa shape index (κ2) is 4.57. The first-order chi connectivity index (χ1) is 7.97. The van der Waals surface area contributed by atoms with Gasteiger partial charge in [-0.3, -0.25) is 0 Å². The van der Waals surface area contributed by atoms with E-state index in [4.69, 9.17) is 0 Å². The van der Waals surface area contributed by atoms with Crippen molar-refractivity contribution < 1.29 is 0 Å². The van der Waals surface area contributed by atoms with Crippen LogP contribution in [0.15, 0.2) is 41.4 Å². The van der Waals surface area contributed by atoms with Gasteiger partial charge in [-0.15, -0.1) is 0 Å². The molecule has 0 aliphatic carbocycles. The van der Waals surface area contributed by atoms with E-state index in [1.165, 1.54) is 5.56 Å². The second-order valence-electron chi connectivity index (χ2n) is 5.11. The zero-order valence-corrected chi connectivity index (χ0v) is 11.8. The van der Waals surface area contributed by atoms with E-state index in [9.17, 15) is 0 Å². The van der Waals surface area contributed by atoms with Crippen molar-refractivity contribution in [3.8, 4) is 11.1 Å². The first kappa shape index (κ1) is 12.2. The minimum Gasteiger partial charge on any atom is -0.244 e. The van der Waals surface area contributed by atoms with Gasteiger partial charge in [0.2, 0.25) is 0 Å². The molecule has 0 saturated heterocycles. The van der Waals surface area contributed by atoms with Crippen LogP contribution >= 0.6 is 15.9 Å². The quantitative estimate of drug-likeness (QED) is 0.786. The standard InChI is InChI=1S/C14H15BrN2/c1-14(2,3)12-4-10(5-13(15)6-12)11-7-16-9-17-8-11/h4-9H,1-3H3. The van der Waals surface area contributed by atoms with E-state index in [2.05, 4.69) is 64.9 Å². The van der Waals surface area contributed by atoms with Gasteiger partial charge in [0.1, 0.15) is 6.33 Å². The van der Waals surface area contributed by atoms with Crippen LogP contribution in [0, 0.1) is 0 Å². The summed E-state index contributed by atoms with van der Waals surface area (Å²) in [6.45, 7) is 6.63. The highest BCUT2D eigenvalue weighted by molar-refractivity contribution is 9.10. The summed E-state index contributed by atoms with van der Waals surface area (Å²) in [4.78, 5) is 8.11. The molecule has 0 atom stereocenters. The van der Waals surface area contributed by atoms with Gasteiger partial charge in [-0.05, 0) is 28.7 Å². The van der Waals surface area contributed by atoms with Crippen molar-refractivity contribution in [3.05, 3.63) is 47.0 Å². The van der Waals surface area contributed by atoms with Crippen molar-refractivity contribution in [2.75, 3.05) is 0 Å². The third-order valence-electron chi connectivity index (χ3n) is 2.66. The monoisotopic (exact) mass is 290 g/mol. The first-order valence-electron chi connectivity index (χ1n) is 5.53. The summed E-state index contributed by atoms with van der Waals surface area (Å²) in [6.07, 6.45) is 5.22. The Labute approximate surface area is 110 Å². The number of hydrogen-bond acceptors (Lipinski definition) is 2. The SMILES string of the molecule is CC(C)(C)c1cc(Br)cc(-c2cncnc2)c1. The van der Waals surface area contributed by atoms with Crippen LogP contribution in [-0.2, 0) is 5.41 Å². The molecule has 2 nitrogen and oxygen atoms in total. The van der Waals surface area contributed by atoms with Crippen molar-refractivity contribution in [1.29, 1.82) is 0 Å². The number of rotatable bonds is 1. The summed E-state index contributed by atoms with van der Waals surface area (Å²) in [5, 5.41) is 0. The summed E-state index contributed by atoms with van der Waals surface area (Å²) in [5.41, 5.74) is 3.61. The fourth-order valence-corrected chi connectivity index (χ4v) is 2.13. The van der Waals surface area contributed by atoms with Gasteiger partial charge in [-0.25, -0.2) is 9.97 Å². The van der Waals surface area contributed by atoms with Gasteiger partial charge < -0.3 is 0 Å². The van der Waals surface area contributed by atoms with Crippen LogP contribution in [0.3, 0.4) is 0 Å². The Morgan fingerprint density at radius 3 is 2.18 bits per heavy atom. The largest absolute Gasteiger partial charge is 0.244 e. The molecule has 0 amide bonds. The Balaban J connectivity index is 2.54. The zero-order valence-electron chi connectivity index (χ0n) is 10.2. The van der Waals surface area contributed by atoms with Gasteiger partial charge in [0.25, 0.3) is 0 Å². The average molecular weight is 291 g/mol. The summed E-state index contributed by atoms with van der Waals surface area (Å²) in [6, 6.07) is 6.45. The van der Waals surface area contributed by atoms with Crippen molar-refractivity contribution >= 4 is 15.9 Å². The van der Waals surface area contributed by atoms with Crippen LogP contribution in [0.4, 0.5) is 0 Å². The lowest BCUT2D eigenvalue weighted by molar-refractivity contribution is 0.590. The molecule has 0 N–H and O–H groups in total. The fraction of sp³-hybridized carbons (Fsp3) is 0.286. The molecule has 17 heavy (non-hydrogen) atoms. The Hall–Kier alpha value is -1.22. The zero-order chi connectivity index (χ0) is 12.5. The number of halogens is 1. The van der Waals surface area contributed by atoms with E-state index < -0.39 is 0 Å². The minimum absolute atomic E-state index is 0.133. The van der Waals surface area contributed by atoms with Gasteiger partial charge in [-0.1, -0.05) is 42.8 Å². The maximum absolute atomic E-state index is 4.06. The lowest BCUT2D eigenvalue weighted by Crippen LogP contribution is -2.11. The maximum atomic E-state index is 4.06. The van der Waals surface area contributed by atoms with Crippen LogP contribution in [0.5, 0.6) is 0 Å². The number of aromatic nitrogens is 2. The number of nitrogens with zero attached hydrogens (tertiary/aromatic N) is 2. The maximum Gasteiger partial charge on any atom is 0.115 e. The molecule has 0 aliphatic rings. The highest BCUT2D eigenvalue weighted by atomic mass is 79.9. The molecular weight excluding hydrogens is 276 g/mol. The van der Waals surface area contributed by atoms with E-state index in [-0.39, 0.29) is 5.41 Å². The molecule has 0 bridgehead atoms. The van der Waals surface area contributed by atoms with E-state index in [0.29, 0.717) is 0 Å². The van der Waals surface area contributed by atoms with Crippen LogP contribution in [0.2, 0.25) is 0 Å². The molecule has 0 spiro atoms. The van der Waals surface area contributed by atoms with E-state index in [1.54, 1.807) is 6.33 Å². The molecule has 0 aliphatic heterocycles. The number of benzene rings is 1. The normalized spacial score (nSPS) is 11.5. The van der Waals surface area contributed by atoms with Gasteiger partial charge in [0, 0.05) is 22.4 Å². The topological polar surface area (TPSA) is 25.8 Å². The summed E-state index contributed by atoms with van der Waals surface area (Å²) in [5.74, 6) is 0. The Bertz CT molecular complexity index is 515. The lowest BCUT2D eigenvalue weighted by Gasteiger charge is -2.20. The average Bonchev–Trinajstić information content (AvgIpc) is 2.28. The molecule has 2 rings (SSSR count). The van der Waals surface area contributed by atoms with Gasteiger partial charge in [0.15, 0.2) is 0 Å². The van der Waals surface area contributed by atoms with Gasteiger partial charge in [-0.2, -0.15) is 0 Å². The summed E-state index contributed by atoms with van der Waals surface area (Å²) < 4.78 is 1.09. The van der Waals surface area contributed by atoms with Crippen molar-refractivity contribution in [1.82, 2.24) is 9.97 Å². The molecule has 88 valence electrons. The highest BCUT2D eigenvalue weighted by Crippen LogP contribution is 2.30. The molecule has 0 radical (unpaired) electrons. The Kier molecular flexibility index (Phi) is 3.29. The smallest absolute Gasteiger partial charge is 0.115 e. The van der Waals surface area contributed by atoms with Crippen LogP contribution in [-0.4, -0.2) is 9.97 Å². The first-order valence-corrected chi connectivity index (χ1v) is 6.32. The van der Waals surface area contributed by atoms with E-state index in [1.807, 2.05) is 12.4 Å². The fourth-order valence-electron chi connectivity index (χ4n) is 1.64. The van der Waals surface area contributed by atoms with Crippen LogP contribution < -0.4 is 0 Å². The predicted octanol–water partition coefficient (Wildman–Crippen LogP) is 4.20. The molecular formula is C14H15BrN2. The van der Waals surface area contributed by atoms with Gasteiger partial charge >= 0.3 is 0 Å². The minimum atomic E-state index is 0.133. The van der Waals surface area contributed by atoms with E-state index in [0.717, 1.165) is 15.6 Å². The van der Waals surface area contributed by atoms with Crippen molar-refractivity contribution in [2.45, 2.75) is 26.2 Å². The Morgan fingerprint density at radius 1 is 0.941 bits per heavy atom. The lowest BCUT2D eigenvalue weighted by atomic mass is 9.86. The molecule has 1 aromatic carbocycles. The molecule has 0 unspecified atom stereocenters. The third-order valence-corrected chi connectivity index (χ3v) is 3.12.